The number of rotatable bonds is 5. The molecule has 36 heavy (non-hydrogen) atoms. The Balaban J connectivity index is 1.80. The van der Waals surface area contributed by atoms with Gasteiger partial charge in [-0.15, -0.1) is 0 Å². The van der Waals surface area contributed by atoms with E-state index in [1.54, 1.807) is 12.1 Å². The highest BCUT2D eigenvalue weighted by Crippen LogP contribution is 2.46. The van der Waals surface area contributed by atoms with Gasteiger partial charge < -0.3 is 16.0 Å². The van der Waals surface area contributed by atoms with Crippen molar-refractivity contribution >= 4 is 29.1 Å². The number of hydrogen-bond acceptors (Lipinski definition) is 3. The molecule has 0 bridgehead atoms. The molecule has 196 valence electrons. The summed E-state index contributed by atoms with van der Waals surface area (Å²) < 4.78 is 30.2. The molecule has 2 aliphatic heterocycles. The molecule has 2 saturated heterocycles. The number of carbonyl (C=O) groups is 1. The lowest BCUT2D eigenvalue weighted by molar-refractivity contribution is -0.124. The first kappa shape index (κ1) is 27.3. The minimum Gasteiger partial charge on any atom is -0.352 e. The first-order valence-corrected chi connectivity index (χ1v) is 13.4. The minimum absolute atomic E-state index is 0.00265. The second kappa shape index (κ2) is 10.9. The first-order chi connectivity index (χ1) is 16.9. The summed E-state index contributed by atoms with van der Waals surface area (Å²) in [6.45, 7) is 10.2. The first-order valence-electron chi connectivity index (χ1n) is 12.7. The largest absolute Gasteiger partial charge is 0.352 e. The summed E-state index contributed by atoms with van der Waals surface area (Å²) in [4.78, 5) is 13.7. The van der Waals surface area contributed by atoms with Crippen molar-refractivity contribution in [2.24, 2.45) is 11.3 Å². The predicted molar refractivity (Wildman–Crippen MR) is 143 cm³/mol. The van der Waals surface area contributed by atoms with Crippen LogP contribution in [0.3, 0.4) is 0 Å². The number of piperidine rings is 1. The van der Waals surface area contributed by atoms with Gasteiger partial charge in [-0.1, -0.05) is 57.0 Å². The summed E-state index contributed by atoms with van der Waals surface area (Å²) in [5.74, 6) is -1.82. The van der Waals surface area contributed by atoms with Crippen molar-refractivity contribution in [3.63, 3.8) is 0 Å². The van der Waals surface area contributed by atoms with E-state index in [1.807, 2.05) is 0 Å². The molecule has 0 spiro atoms. The van der Waals surface area contributed by atoms with E-state index in [1.165, 1.54) is 18.2 Å². The van der Waals surface area contributed by atoms with E-state index >= 15 is 4.39 Å². The molecule has 3 N–H and O–H groups in total. The molecule has 2 heterocycles. The molecule has 0 aromatic heterocycles. The molecule has 2 fully saturated rings. The van der Waals surface area contributed by atoms with Gasteiger partial charge in [0.2, 0.25) is 5.91 Å². The standard InChI is InChI=1S/C28H35Cl2F2N3O/c1-15-22(14-28(2,3)4)35-26(27(36)34-19-7-9-33-10-8-19)23(15)24-20(5-6-21(30)25(24)32)16-11-17(29)13-18(31)12-16/h5-6,11-13,15,19,22-23,26,33,35H,7-10,14H2,1-4H3,(H,34,36). The summed E-state index contributed by atoms with van der Waals surface area (Å²) in [7, 11) is 0. The van der Waals surface area contributed by atoms with Crippen LogP contribution in [-0.4, -0.2) is 37.1 Å². The van der Waals surface area contributed by atoms with Crippen molar-refractivity contribution in [1.82, 2.24) is 16.0 Å². The Morgan fingerprint density at radius 1 is 1.11 bits per heavy atom. The van der Waals surface area contributed by atoms with E-state index in [0.29, 0.717) is 16.7 Å². The zero-order valence-electron chi connectivity index (χ0n) is 21.2. The van der Waals surface area contributed by atoms with Crippen molar-refractivity contribution in [2.75, 3.05) is 13.1 Å². The fraction of sp³-hybridized carbons (Fsp3) is 0.536. The maximum absolute atomic E-state index is 15.9. The third-order valence-electron chi connectivity index (χ3n) is 7.39. The summed E-state index contributed by atoms with van der Waals surface area (Å²) in [5, 5.41) is 10.2. The number of benzene rings is 2. The molecule has 8 heteroatoms. The van der Waals surface area contributed by atoms with Crippen LogP contribution in [0.4, 0.5) is 8.78 Å². The number of halogens is 4. The Hall–Kier alpha value is -1.73. The highest BCUT2D eigenvalue weighted by Gasteiger charge is 2.47. The zero-order valence-corrected chi connectivity index (χ0v) is 22.7. The van der Waals surface area contributed by atoms with Crippen LogP contribution in [0.15, 0.2) is 30.3 Å². The van der Waals surface area contributed by atoms with Crippen molar-refractivity contribution < 1.29 is 13.6 Å². The Bertz CT molecular complexity index is 1090. The maximum Gasteiger partial charge on any atom is 0.238 e. The zero-order chi connectivity index (χ0) is 26.2. The monoisotopic (exact) mass is 537 g/mol. The highest BCUT2D eigenvalue weighted by molar-refractivity contribution is 6.31. The molecule has 4 atom stereocenters. The molecular formula is C28H35Cl2F2N3O. The average molecular weight is 539 g/mol. The molecule has 4 nitrogen and oxygen atoms in total. The Labute approximate surface area is 222 Å². The van der Waals surface area contributed by atoms with E-state index in [2.05, 4.69) is 43.6 Å². The summed E-state index contributed by atoms with van der Waals surface area (Å²) in [6, 6.07) is 6.73. The van der Waals surface area contributed by atoms with Crippen LogP contribution in [0.2, 0.25) is 10.0 Å². The van der Waals surface area contributed by atoms with Crippen LogP contribution in [0, 0.1) is 23.0 Å². The molecule has 0 aliphatic carbocycles. The van der Waals surface area contributed by atoms with Gasteiger partial charge in [-0.25, -0.2) is 8.78 Å². The molecule has 1 amide bonds. The van der Waals surface area contributed by atoms with Gasteiger partial charge in [0.25, 0.3) is 0 Å². The Kier molecular flexibility index (Phi) is 8.30. The lowest BCUT2D eigenvalue weighted by Gasteiger charge is -2.29. The molecule has 4 unspecified atom stereocenters. The lowest BCUT2D eigenvalue weighted by Crippen LogP contribution is -2.51. The molecule has 4 rings (SSSR count). The number of carbonyl (C=O) groups excluding carboxylic acids is 1. The van der Waals surface area contributed by atoms with Crippen molar-refractivity contribution in [3.05, 3.63) is 57.6 Å². The van der Waals surface area contributed by atoms with Crippen LogP contribution < -0.4 is 16.0 Å². The molecule has 0 radical (unpaired) electrons. The number of hydrogen-bond donors (Lipinski definition) is 3. The van der Waals surface area contributed by atoms with Gasteiger partial charge in [-0.3, -0.25) is 4.79 Å². The van der Waals surface area contributed by atoms with Crippen LogP contribution >= 0.6 is 23.2 Å². The fourth-order valence-electron chi connectivity index (χ4n) is 5.72. The second-order valence-corrected chi connectivity index (χ2v) is 12.3. The maximum atomic E-state index is 15.9. The average Bonchev–Trinajstić information content (AvgIpc) is 3.10. The van der Waals surface area contributed by atoms with Gasteiger partial charge in [-0.2, -0.15) is 0 Å². The summed E-state index contributed by atoms with van der Waals surface area (Å²) in [5.41, 5.74) is 1.27. The molecule has 2 aromatic carbocycles. The van der Waals surface area contributed by atoms with Gasteiger partial charge in [0, 0.05) is 28.6 Å². The number of nitrogens with one attached hydrogen (secondary N) is 3. The molecule has 0 saturated carbocycles. The second-order valence-electron chi connectivity index (χ2n) is 11.4. The van der Waals surface area contributed by atoms with Crippen molar-refractivity contribution in [3.8, 4) is 11.1 Å². The fourth-order valence-corrected chi connectivity index (χ4v) is 6.11. The van der Waals surface area contributed by atoms with Gasteiger partial charge in [-0.05, 0) is 79.1 Å². The Morgan fingerprint density at radius 2 is 1.81 bits per heavy atom. The van der Waals surface area contributed by atoms with E-state index in [-0.39, 0.29) is 39.4 Å². The van der Waals surface area contributed by atoms with Crippen molar-refractivity contribution in [2.45, 2.75) is 71.0 Å². The topological polar surface area (TPSA) is 53.2 Å². The summed E-state index contributed by atoms with van der Waals surface area (Å²) in [6.07, 6.45) is 2.51. The third kappa shape index (κ3) is 6.04. The molecule has 2 aromatic rings. The van der Waals surface area contributed by atoms with E-state index in [0.717, 1.165) is 32.4 Å². The third-order valence-corrected chi connectivity index (χ3v) is 7.90. The van der Waals surface area contributed by atoms with Crippen LogP contribution in [0.25, 0.3) is 11.1 Å². The normalized spacial score (nSPS) is 25.2. The van der Waals surface area contributed by atoms with Gasteiger partial charge in [0.15, 0.2) is 0 Å². The minimum atomic E-state index is -0.655. The van der Waals surface area contributed by atoms with Gasteiger partial charge in [0.1, 0.15) is 11.6 Å². The van der Waals surface area contributed by atoms with E-state index in [9.17, 15) is 9.18 Å². The Morgan fingerprint density at radius 3 is 2.44 bits per heavy atom. The molecular weight excluding hydrogens is 503 g/mol. The van der Waals surface area contributed by atoms with E-state index in [4.69, 9.17) is 23.2 Å². The number of amides is 1. The summed E-state index contributed by atoms with van der Waals surface area (Å²) >= 11 is 12.4. The van der Waals surface area contributed by atoms with Crippen LogP contribution in [0.5, 0.6) is 0 Å². The van der Waals surface area contributed by atoms with E-state index < -0.39 is 23.6 Å². The van der Waals surface area contributed by atoms with Crippen LogP contribution in [-0.2, 0) is 4.79 Å². The smallest absolute Gasteiger partial charge is 0.238 e. The molecule has 2 aliphatic rings. The predicted octanol–water partition coefficient (Wildman–Crippen LogP) is 6.30. The lowest BCUT2D eigenvalue weighted by atomic mass is 9.76. The van der Waals surface area contributed by atoms with Gasteiger partial charge >= 0.3 is 0 Å². The highest BCUT2D eigenvalue weighted by atomic mass is 35.5. The van der Waals surface area contributed by atoms with Gasteiger partial charge in [0.05, 0.1) is 11.1 Å². The van der Waals surface area contributed by atoms with Crippen molar-refractivity contribution in [1.29, 1.82) is 0 Å². The van der Waals surface area contributed by atoms with Crippen LogP contribution in [0.1, 0.15) is 58.4 Å². The quantitative estimate of drug-likeness (QED) is 0.419. The SMILES string of the molecule is CC1C(CC(C)(C)C)NC(C(=O)NC2CCNCC2)C1c1c(-c2cc(F)cc(Cl)c2)ccc(Cl)c1F.